The molecule has 0 unspecified atom stereocenters. The molecule has 0 aliphatic rings. The predicted molar refractivity (Wildman–Crippen MR) is 125 cm³/mol. The number of fused-ring (bicyclic) bond motifs is 1. The van der Waals surface area contributed by atoms with E-state index in [2.05, 4.69) is 5.32 Å². The van der Waals surface area contributed by atoms with Crippen LogP contribution >= 0.6 is 11.3 Å². The summed E-state index contributed by atoms with van der Waals surface area (Å²) in [6.07, 6.45) is 0. The fourth-order valence-electron chi connectivity index (χ4n) is 3.48. The second-order valence-corrected chi connectivity index (χ2v) is 8.42. The number of nitrogens with one attached hydrogen (secondary N) is 1. The summed E-state index contributed by atoms with van der Waals surface area (Å²) in [5.41, 5.74) is 2.46. The zero-order valence-electron chi connectivity index (χ0n) is 17.8. The number of amides is 1. The lowest BCUT2D eigenvalue weighted by atomic mass is 10.1. The molecule has 0 bridgehead atoms. The Morgan fingerprint density at radius 1 is 1.03 bits per heavy atom. The molecular weight excluding hydrogens is 426 g/mol. The summed E-state index contributed by atoms with van der Waals surface area (Å²) in [5, 5.41) is 4.60. The molecule has 4 aromatic rings. The monoisotopic (exact) mass is 449 g/mol. The lowest BCUT2D eigenvalue weighted by molar-refractivity contribution is -0.121. The summed E-state index contributed by atoms with van der Waals surface area (Å²) in [4.78, 5) is 38.8. The van der Waals surface area contributed by atoms with Crippen LogP contribution in [-0.4, -0.2) is 22.2 Å². The van der Waals surface area contributed by atoms with Gasteiger partial charge in [0, 0.05) is 6.54 Å². The van der Waals surface area contributed by atoms with Gasteiger partial charge in [0.1, 0.15) is 17.0 Å². The first-order valence-corrected chi connectivity index (χ1v) is 11.0. The Labute approximate surface area is 188 Å². The van der Waals surface area contributed by atoms with Gasteiger partial charge in [-0.05, 0) is 41.6 Å². The average Bonchev–Trinajstić information content (AvgIpc) is 3.29. The van der Waals surface area contributed by atoms with E-state index in [0.717, 1.165) is 16.7 Å². The van der Waals surface area contributed by atoms with Crippen molar-refractivity contribution < 1.29 is 9.53 Å². The highest BCUT2D eigenvalue weighted by atomic mass is 32.1. The van der Waals surface area contributed by atoms with E-state index in [-0.39, 0.29) is 24.6 Å². The van der Waals surface area contributed by atoms with Gasteiger partial charge in [-0.15, -0.1) is 11.3 Å². The van der Waals surface area contributed by atoms with E-state index in [4.69, 9.17) is 4.74 Å². The first kappa shape index (κ1) is 21.6. The Bertz CT molecular complexity index is 1380. The van der Waals surface area contributed by atoms with Gasteiger partial charge in [-0.3, -0.25) is 18.7 Å². The highest BCUT2D eigenvalue weighted by Gasteiger charge is 2.17. The molecule has 32 heavy (non-hydrogen) atoms. The van der Waals surface area contributed by atoms with Crippen molar-refractivity contribution in [2.45, 2.75) is 26.6 Å². The van der Waals surface area contributed by atoms with Crippen molar-refractivity contribution in [1.29, 1.82) is 0 Å². The van der Waals surface area contributed by atoms with Gasteiger partial charge in [0.2, 0.25) is 5.91 Å². The highest BCUT2D eigenvalue weighted by molar-refractivity contribution is 7.17. The molecule has 0 saturated heterocycles. The lowest BCUT2D eigenvalue weighted by Gasteiger charge is -2.13. The summed E-state index contributed by atoms with van der Waals surface area (Å²) in [5.74, 6) is 0.343. The molecule has 0 aliphatic heterocycles. The molecular formula is C24H23N3O4S. The van der Waals surface area contributed by atoms with Gasteiger partial charge in [-0.2, -0.15) is 0 Å². The first-order chi connectivity index (χ1) is 15.5. The maximum absolute atomic E-state index is 13.2. The molecule has 7 nitrogen and oxygen atoms in total. The number of carbonyl (C=O) groups excluding carboxylic acids is 1. The first-order valence-electron chi connectivity index (χ1n) is 10.1. The van der Waals surface area contributed by atoms with Gasteiger partial charge in [0.05, 0.1) is 19.2 Å². The van der Waals surface area contributed by atoms with Crippen LogP contribution in [0.3, 0.4) is 0 Å². The number of thiophene rings is 1. The number of hydrogen-bond acceptors (Lipinski definition) is 5. The highest BCUT2D eigenvalue weighted by Crippen LogP contribution is 2.17. The van der Waals surface area contributed by atoms with Crippen LogP contribution < -0.4 is 21.3 Å². The van der Waals surface area contributed by atoms with Gasteiger partial charge < -0.3 is 10.1 Å². The molecule has 4 rings (SSSR count). The molecule has 1 N–H and O–H groups in total. The Morgan fingerprint density at radius 3 is 2.56 bits per heavy atom. The Morgan fingerprint density at radius 2 is 1.81 bits per heavy atom. The molecule has 2 heterocycles. The number of methoxy groups -OCH3 is 1. The molecule has 0 spiro atoms. The molecule has 2 aromatic heterocycles. The fraction of sp³-hybridized carbons (Fsp3) is 0.208. The van der Waals surface area contributed by atoms with Crippen LogP contribution in [0, 0.1) is 6.92 Å². The molecule has 0 saturated carbocycles. The summed E-state index contributed by atoms with van der Waals surface area (Å²) >= 11 is 1.26. The molecule has 1 amide bonds. The normalized spacial score (nSPS) is 10.9. The Kier molecular flexibility index (Phi) is 6.23. The molecule has 2 aromatic carbocycles. The van der Waals surface area contributed by atoms with Crippen molar-refractivity contribution >= 4 is 27.5 Å². The third kappa shape index (κ3) is 4.50. The quantitative estimate of drug-likeness (QED) is 0.470. The van der Waals surface area contributed by atoms with Crippen molar-refractivity contribution in [1.82, 2.24) is 14.5 Å². The van der Waals surface area contributed by atoms with Gasteiger partial charge in [0.15, 0.2) is 0 Å². The minimum absolute atomic E-state index is 0.0910. The third-order valence-corrected chi connectivity index (χ3v) is 6.11. The summed E-state index contributed by atoms with van der Waals surface area (Å²) < 4.78 is 8.21. The fourth-order valence-corrected chi connectivity index (χ4v) is 4.33. The number of aryl methyl sites for hydroxylation is 1. The lowest BCUT2D eigenvalue weighted by Crippen LogP contribution is -2.42. The zero-order chi connectivity index (χ0) is 22.7. The Hall–Kier alpha value is -3.65. The van der Waals surface area contributed by atoms with Crippen LogP contribution in [0.15, 0.2) is 69.6 Å². The van der Waals surface area contributed by atoms with E-state index in [1.165, 1.54) is 20.5 Å². The molecule has 0 atom stereocenters. The maximum Gasteiger partial charge on any atom is 0.332 e. The van der Waals surface area contributed by atoms with Crippen molar-refractivity contribution in [2.24, 2.45) is 0 Å². The molecule has 8 heteroatoms. The topological polar surface area (TPSA) is 82.3 Å². The van der Waals surface area contributed by atoms with Gasteiger partial charge >= 0.3 is 5.69 Å². The van der Waals surface area contributed by atoms with E-state index in [1.807, 2.05) is 37.3 Å². The number of aromatic nitrogens is 2. The van der Waals surface area contributed by atoms with Crippen molar-refractivity contribution in [3.63, 3.8) is 0 Å². The van der Waals surface area contributed by atoms with Gasteiger partial charge in [0.25, 0.3) is 5.56 Å². The predicted octanol–water partition coefficient (Wildman–Crippen LogP) is 2.91. The maximum atomic E-state index is 13.2. The van der Waals surface area contributed by atoms with E-state index in [9.17, 15) is 14.4 Å². The van der Waals surface area contributed by atoms with Crippen LogP contribution in [0.2, 0.25) is 0 Å². The van der Waals surface area contributed by atoms with Crippen LogP contribution in [-0.2, 0) is 24.4 Å². The summed E-state index contributed by atoms with van der Waals surface area (Å²) in [6, 6.07) is 16.8. The van der Waals surface area contributed by atoms with Crippen LogP contribution in [0.1, 0.15) is 16.7 Å². The Balaban J connectivity index is 1.63. The van der Waals surface area contributed by atoms with Crippen molar-refractivity contribution in [3.8, 4) is 5.75 Å². The van der Waals surface area contributed by atoms with Gasteiger partial charge in [-0.1, -0.05) is 42.0 Å². The third-order valence-electron chi connectivity index (χ3n) is 5.22. The van der Waals surface area contributed by atoms with E-state index >= 15 is 0 Å². The summed E-state index contributed by atoms with van der Waals surface area (Å²) in [6.45, 7) is 2.29. The minimum Gasteiger partial charge on any atom is -0.497 e. The van der Waals surface area contributed by atoms with Crippen LogP contribution in [0.4, 0.5) is 0 Å². The number of ether oxygens (including phenoxy) is 1. The van der Waals surface area contributed by atoms with Gasteiger partial charge in [-0.25, -0.2) is 4.79 Å². The largest absolute Gasteiger partial charge is 0.497 e. The smallest absolute Gasteiger partial charge is 0.332 e. The number of benzene rings is 2. The van der Waals surface area contributed by atoms with E-state index in [1.54, 1.807) is 36.8 Å². The number of nitrogens with zero attached hydrogens (tertiary/aromatic N) is 2. The van der Waals surface area contributed by atoms with Crippen LogP contribution in [0.5, 0.6) is 5.75 Å². The molecule has 164 valence electrons. The van der Waals surface area contributed by atoms with Crippen LogP contribution in [0.25, 0.3) is 10.2 Å². The number of hydrogen-bond donors (Lipinski definition) is 1. The van der Waals surface area contributed by atoms with Crippen molar-refractivity contribution in [2.75, 3.05) is 7.11 Å². The van der Waals surface area contributed by atoms with Crippen molar-refractivity contribution in [3.05, 3.63) is 97.5 Å². The molecule has 0 radical (unpaired) electrons. The number of carbonyl (C=O) groups is 1. The average molecular weight is 450 g/mol. The minimum atomic E-state index is -0.519. The SMILES string of the molecule is COc1cccc(Cn2c(=O)c3sccc3n(CC(=O)NCc3ccc(C)cc3)c2=O)c1. The number of rotatable bonds is 7. The molecule has 0 fully saturated rings. The molecule has 0 aliphatic carbocycles. The summed E-state index contributed by atoms with van der Waals surface area (Å²) in [7, 11) is 1.56. The van der Waals surface area contributed by atoms with E-state index < -0.39 is 5.69 Å². The second kappa shape index (κ2) is 9.23. The second-order valence-electron chi connectivity index (χ2n) is 7.51. The van der Waals surface area contributed by atoms with E-state index in [0.29, 0.717) is 22.5 Å². The zero-order valence-corrected chi connectivity index (χ0v) is 18.6. The standard InChI is InChI=1S/C24H23N3O4S/c1-16-6-8-17(9-7-16)13-25-21(28)15-26-20-10-11-32-22(20)23(29)27(24(26)30)14-18-4-3-5-19(12-18)31-2/h3-12H,13-15H2,1-2H3,(H,25,28).